The molecule has 2 fully saturated rings. The number of likely N-dealkylation sites (N-methyl/N-ethyl adjacent to an activating group) is 1. The molecule has 208 valence electrons. The first kappa shape index (κ1) is 26.5. The fourth-order valence-corrected chi connectivity index (χ4v) is 6.04. The highest BCUT2D eigenvalue weighted by atomic mass is 35.5. The van der Waals surface area contributed by atoms with E-state index in [9.17, 15) is 9.59 Å². The Morgan fingerprint density at radius 2 is 1.77 bits per heavy atom. The summed E-state index contributed by atoms with van der Waals surface area (Å²) in [6.45, 7) is 7.11. The second kappa shape index (κ2) is 10.7. The van der Waals surface area contributed by atoms with Gasteiger partial charge >= 0.3 is 6.01 Å². The molecule has 2 aromatic heterocycles. The van der Waals surface area contributed by atoms with Gasteiger partial charge in [-0.05, 0) is 50.9 Å². The molecule has 6 rings (SSSR count). The number of likely N-dealkylation sites (tertiary alicyclic amines) is 1. The summed E-state index contributed by atoms with van der Waals surface area (Å²) in [5.41, 5.74) is 0.934. The third-order valence-electron chi connectivity index (χ3n) is 8.02. The maximum Gasteiger partial charge on any atom is 0.319 e. The minimum absolute atomic E-state index is 0.0440. The monoisotopic (exact) mass is 561 g/mol. The van der Waals surface area contributed by atoms with Crippen molar-refractivity contribution >= 4 is 45.1 Å². The predicted octanol–water partition coefficient (Wildman–Crippen LogP) is 3.43. The molecule has 2 aliphatic rings. The lowest BCUT2D eigenvalue weighted by Gasteiger charge is -2.35. The Morgan fingerprint density at radius 3 is 2.48 bits per heavy atom. The van der Waals surface area contributed by atoms with Crippen LogP contribution in [0.15, 0.2) is 41.2 Å². The van der Waals surface area contributed by atoms with Crippen molar-refractivity contribution in [2.45, 2.75) is 32.7 Å². The molecule has 0 aliphatic carbocycles. The van der Waals surface area contributed by atoms with Crippen LogP contribution in [-0.2, 0) is 4.79 Å². The van der Waals surface area contributed by atoms with E-state index in [1.54, 1.807) is 18.4 Å². The Bertz CT molecular complexity index is 1660. The molecule has 0 unspecified atom stereocenters. The molecule has 0 spiro atoms. The van der Waals surface area contributed by atoms with Gasteiger partial charge < -0.3 is 19.4 Å². The molecular formula is C29H32ClN7O3. The highest BCUT2D eigenvalue weighted by Gasteiger charge is 2.27. The second-order valence-corrected chi connectivity index (χ2v) is 10.9. The van der Waals surface area contributed by atoms with Crippen LogP contribution >= 0.6 is 11.6 Å². The quantitative estimate of drug-likeness (QED) is 0.366. The number of aryl methyl sites for hydroxylation is 1. The zero-order valence-corrected chi connectivity index (χ0v) is 23.7. The molecule has 0 radical (unpaired) electrons. The number of hydrogen-bond donors (Lipinski definition) is 0. The maximum absolute atomic E-state index is 14.2. The number of fused-ring (bicyclic) bond motifs is 2. The van der Waals surface area contributed by atoms with Gasteiger partial charge in [-0.1, -0.05) is 35.9 Å². The number of ether oxygens (including phenoxy) is 1. The first-order chi connectivity index (χ1) is 19.3. The van der Waals surface area contributed by atoms with E-state index in [4.69, 9.17) is 26.3 Å². The molecule has 2 saturated heterocycles. The van der Waals surface area contributed by atoms with Crippen molar-refractivity contribution in [1.82, 2.24) is 29.3 Å². The van der Waals surface area contributed by atoms with Gasteiger partial charge in [0, 0.05) is 44.5 Å². The number of carbonyl (C=O) groups excluding carboxylic acids is 1. The fraction of sp³-hybridized carbons (Fsp3) is 0.414. The third-order valence-corrected chi connectivity index (χ3v) is 8.34. The molecule has 1 amide bonds. The second-order valence-electron chi connectivity index (χ2n) is 10.5. The van der Waals surface area contributed by atoms with E-state index in [0.29, 0.717) is 60.7 Å². The molecule has 2 aromatic carbocycles. The van der Waals surface area contributed by atoms with E-state index >= 15 is 0 Å². The highest BCUT2D eigenvalue weighted by Crippen LogP contribution is 2.31. The summed E-state index contributed by atoms with van der Waals surface area (Å²) in [5.74, 6) is 1.09. The smallest absolute Gasteiger partial charge is 0.319 e. The molecular weight excluding hydrogens is 530 g/mol. The van der Waals surface area contributed by atoms with E-state index < -0.39 is 0 Å². The number of nitrogens with zero attached hydrogens (tertiary/aromatic N) is 7. The van der Waals surface area contributed by atoms with Crippen molar-refractivity contribution in [1.29, 1.82) is 0 Å². The Morgan fingerprint density at radius 1 is 1.02 bits per heavy atom. The molecule has 1 atom stereocenters. The van der Waals surface area contributed by atoms with Crippen molar-refractivity contribution < 1.29 is 9.53 Å². The van der Waals surface area contributed by atoms with E-state index in [0.717, 1.165) is 30.2 Å². The molecule has 4 aromatic rings. The zero-order valence-electron chi connectivity index (χ0n) is 22.9. The fourth-order valence-electron chi connectivity index (χ4n) is 5.76. The van der Waals surface area contributed by atoms with Crippen LogP contribution in [0.3, 0.4) is 0 Å². The number of piperazine rings is 1. The summed E-state index contributed by atoms with van der Waals surface area (Å²) >= 11 is 6.62. The van der Waals surface area contributed by atoms with Gasteiger partial charge in [-0.25, -0.2) is 4.98 Å². The van der Waals surface area contributed by atoms with Crippen molar-refractivity contribution in [2.24, 2.45) is 0 Å². The highest BCUT2D eigenvalue weighted by molar-refractivity contribution is 6.36. The van der Waals surface area contributed by atoms with Crippen LogP contribution in [0.1, 0.15) is 25.6 Å². The van der Waals surface area contributed by atoms with Crippen LogP contribution in [0.2, 0.25) is 5.02 Å². The normalized spacial score (nSPS) is 18.1. The van der Waals surface area contributed by atoms with Crippen LogP contribution in [0.25, 0.3) is 27.5 Å². The Balaban J connectivity index is 1.49. The number of hydrogen-bond acceptors (Lipinski definition) is 8. The maximum atomic E-state index is 14.2. The number of carbonyl (C=O) groups is 1. The van der Waals surface area contributed by atoms with Gasteiger partial charge in [0.1, 0.15) is 17.9 Å². The summed E-state index contributed by atoms with van der Waals surface area (Å²) < 4.78 is 7.69. The molecule has 40 heavy (non-hydrogen) atoms. The minimum atomic E-state index is -0.316. The van der Waals surface area contributed by atoms with Crippen LogP contribution < -0.4 is 15.2 Å². The molecule has 11 heteroatoms. The summed E-state index contributed by atoms with van der Waals surface area (Å²) in [7, 11) is 2.09. The van der Waals surface area contributed by atoms with E-state index in [2.05, 4.69) is 21.8 Å². The first-order valence-corrected chi connectivity index (χ1v) is 14.0. The van der Waals surface area contributed by atoms with Crippen LogP contribution in [0.5, 0.6) is 6.01 Å². The van der Waals surface area contributed by atoms with Gasteiger partial charge in [-0.3, -0.25) is 14.2 Å². The first-order valence-electron chi connectivity index (χ1n) is 13.6. The standard InChI is InChI=1S/C29H32ClN7O3/c1-18-31-25-26(28(39)37(18)23-11-5-8-20-7-4-10-22(30)24(20)23)32-29(40-17-21-9-6-12-34(21)3)33-27(25)36-15-13-35(14-16-36)19(2)38/h4-5,7-8,10-11,21H,6,9,12-17H2,1-3H3/t21-/m0/s1. The summed E-state index contributed by atoms with van der Waals surface area (Å²) in [4.78, 5) is 46.5. The third kappa shape index (κ3) is 4.75. The van der Waals surface area contributed by atoms with Crippen molar-refractivity contribution in [3.63, 3.8) is 0 Å². The van der Waals surface area contributed by atoms with Gasteiger partial charge in [0.25, 0.3) is 5.56 Å². The largest absolute Gasteiger partial charge is 0.462 e. The molecule has 0 bridgehead atoms. The molecule has 10 nitrogen and oxygen atoms in total. The van der Waals surface area contributed by atoms with Gasteiger partial charge in [-0.15, -0.1) is 0 Å². The van der Waals surface area contributed by atoms with E-state index in [1.165, 1.54) is 0 Å². The molecule has 4 heterocycles. The molecule has 0 N–H and O–H groups in total. The Labute approximate surface area is 237 Å². The van der Waals surface area contributed by atoms with Gasteiger partial charge in [0.2, 0.25) is 5.91 Å². The Kier molecular flexibility index (Phi) is 7.06. The van der Waals surface area contributed by atoms with Crippen molar-refractivity contribution in [3.05, 3.63) is 57.6 Å². The number of amides is 1. The number of rotatable bonds is 5. The van der Waals surface area contributed by atoms with Crippen molar-refractivity contribution in [3.8, 4) is 11.7 Å². The van der Waals surface area contributed by atoms with Crippen LogP contribution in [0.4, 0.5) is 5.82 Å². The van der Waals surface area contributed by atoms with E-state index in [1.807, 2.05) is 41.3 Å². The summed E-state index contributed by atoms with van der Waals surface area (Å²) in [6.07, 6.45) is 2.16. The van der Waals surface area contributed by atoms with Crippen LogP contribution in [-0.4, -0.2) is 87.6 Å². The molecule has 0 saturated carbocycles. The van der Waals surface area contributed by atoms with Gasteiger partial charge in [-0.2, -0.15) is 9.97 Å². The number of benzene rings is 2. The molecule has 2 aliphatic heterocycles. The lowest BCUT2D eigenvalue weighted by atomic mass is 10.1. The predicted molar refractivity (Wildman–Crippen MR) is 156 cm³/mol. The van der Waals surface area contributed by atoms with Crippen molar-refractivity contribution in [2.75, 3.05) is 51.3 Å². The van der Waals surface area contributed by atoms with Gasteiger partial charge in [0.05, 0.1) is 10.7 Å². The average molecular weight is 562 g/mol. The Hall–Kier alpha value is -3.76. The topological polar surface area (TPSA) is 96.7 Å². The van der Waals surface area contributed by atoms with Crippen LogP contribution in [0, 0.1) is 6.92 Å². The van der Waals surface area contributed by atoms with Gasteiger partial charge in [0.15, 0.2) is 11.3 Å². The summed E-state index contributed by atoms with van der Waals surface area (Å²) in [5, 5.41) is 2.25. The number of anilines is 1. The number of aromatic nitrogens is 4. The lowest BCUT2D eigenvalue weighted by Crippen LogP contribution is -2.48. The van der Waals surface area contributed by atoms with E-state index in [-0.39, 0.29) is 29.0 Å². The average Bonchev–Trinajstić information content (AvgIpc) is 3.36. The summed E-state index contributed by atoms with van der Waals surface area (Å²) in [6, 6.07) is 11.8. The number of halogens is 1. The lowest BCUT2D eigenvalue weighted by molar-refractivity contribution is -0.129. The minimum Gasteiger partial charge on any atom is -0.462 e. The zero-order chi connectivity index (χ0) is 28.0. The SMILES string of the molecule is CC(=O)N1CCN(c2nc(OC[C@@H]3CCCN3C)nc3c(=O)n(-c4cccc5cccc(Cl)c45)c(C)nc23)CC1.